The van der Waals surface area contributed by atoms with Crippen molar-refractivity contribution in [2.24, 2.45) is 0 Å². The van der Waals surface area contributed by atoms with Crippen molar-refractivity contribution in [1.29, 1.82) is 0 Å². The van der Waals surface area contributed by atoms with Crippen LogP contribution in [0.4, 0.5) is 5.69 Å². The summed E-state index contributed by atoms with van der Waals surface area (Å²) >= 11 is 0. The van der Waals surface area contributed by atoms with Crippen LogP contribution in [-0.4, -0.2) is 25.8 Å². The van der Waals surface area contributed by atoms with Crippen molar-refractivity contribution in [2.75, 3.05) is 19.1 Å². The van der Waals surface area contributed by atoms with Gasteiger partial charge in [-0.15, -0.1) is 0 Å². The Morgan fingerprint density at radius 2 is 2.00 bits per heavy atom. The Labute approximate surface area is 101 Å². The Kier molecular flexibility index (Phi) is 4.26. The molecule has 0 aliphatic rings. The number of anilines is 1. The molecule has 0 spiro atoms. The molecule has 4 heteroatoms. The normalized spacial score (nSPS) is 9.88. The minimum atomic E-state index is -0.545. The Bertz CT molecular complexity index is 440. The lowest BCUT2D eigenvalue weighted by Gasteiger charge is -2.19. The van der Waals surface area contributed by atoms with Crippen LogP contribution in [0.15, 0.2) is 18.2 Å². The largest absolute Gasteiger partial charge is 0.495 e. The lowest BCUT2D eigenvalue weighted by Crippen LogP contribution is -2.31. The van der Waals surface area contributed by atoms with Gasteiger partial charge in [0.15, 0.2) is 0 Å². The van der Waals surface area contributed by atoms with E-state index in [4.69, 9.17) is 4.74 Å². The molecule has 17 heavy (non-hydrogen) atoms. The molecule has 0 atom stereocenters. The van der Waals surface area contributed by atoms with Gasteiger partial charge in [-0.25, -0.2) is 0 Å². The van der Waals surface area contributed by atoms with Crippen LogP contribution in [0.2, 0.25) is 0 Å². The fraction of sp³-hybridized carbons (Fsp3) is 0.385. The quantitative estimate of drug-likeness (QED) is 0.748. The second-order valence-corrected chi connectivity index (χ2v) is 3.78. The molecule has 1 aromatic carbocycles. The van der Waals surface area contributed by atoms with Gasteiger partial charge in [0.1, 0.15) is 5.75 Å². The number of benzene rings is 1. The van der Waals surface area contributed by atoms with Crippen LogP contribution >= 0.6 is 0 Å². The summed E-state index contributed by atoms with van der Waals surface area (Å²) in [7, 11) is 3.11. The Morgan fingerprint density at radius 3 is 2.47 bits per heavy atom. The molecular formula is C13H17NO3. The van der Waals surface area contributed by atoms with Crippen molar-refractivity contribution in [2.45, 2.75) is 20.3 Å². The van der Waals surface area contributed by atoms with E-state index in [-0.39, 0.29) is 0 Å². The zero-order valence-electron chi connectivity index (χ0n) is 10.6. The van der Waals surface area contributed by atoms with Crippen molar-refractivity contribution in [1.82, 2.24) is 0 Å². The van der Waals surface area contributed by atoms with E-state index in [1.54, 1.807) is 13.1 Å². The number of carbonyl (C=O) groups is 2. The second-order valence-electron chi connectivity index (χ2n) is 3.78. The fourth-order valence-electron chi connectivity index (χ4n) is 1.56. The van der Waals surface area contributed by atoms with Gasteiger partial charge < -0.3 is 9.64 Å². The number of hydrogen-bond donors (Lipinski definition) is 0. The minimum absolute atomic E-state index is 0.489. The first-order chi connectivity index (χ1) is 8.01. The zero-order valence-corrected chi connectivity index (χ0v) is 10.6. The third kappa shape index (κ3) is 2.84. The first-order valence-corrected chi connectivity index (χ1v) is 5.46. The summed E-state index contributed by atoms with van der Waals surface area (Å²) in [4.78, 5) is 24.0. The molecule has 92 valence electrons. The van der Waals surface area contributed by atoms with E-state index in [1.807, 2.05) is 19.1 Å². The van der Waals surface area contributed by atoms with Crippen molar-refractivity contribution in [3.8, 4) is 5.75 Å². The molecule has 0 aliphatic heterocycles. The molecule has 0 radical (unpaired) electrons. The molecule has 0 unspecified atom stereocenters. The Morgan fingerprint density at radius 1 is 1.35 bits per heavy atom. The SMILES string of the molecule is CCc1ccc(OC)c(N(C)C(=O)C(C)=O)c1. The van der Waals surface area contributed by atoms with Crippen molar-refractivity contribution >= 4 is 17.4 Å². The van der Waals surface area contributed by atoms with Crippen LogP contribution in [-0.2, 0) is 16.0 Å². The summed E-state index contributed by atoms with van der Waals surface area (Å²) in [5, 5.41) is 0. The van der Waals surface area contributed by atoms with Crippen LogP contribution in [0, 0.1) is 0 Å². The molecule has 0 bridgehead atoms. The summed E-state index contributed by atoms with van der Waals surface area (Å²) in [6, 6.07) is 5.60. The summed E-state index contributed by atoms with van der Waals surface area (Å²) < 4.78 is 5.19. The summed E-state index contributed by atoms with van der Waals surface area (Å²) in [6.45, 7) is 3.29. The van der Waals surface area contributed by atoms with Crippen LogP contribution in [0.25, 0.3) is 0 Å². The number of amides is 1. The lowest BCUT2D eigenvalue weighted by molar-refractivity contribution is -0.134. The predicted octanol–water partition coefficient (Wildman–Crippen LogP) is 1.81. The lowest BCUT2D eigenvalue weighted by atomic mass is 10.1. The number of likely N-dealkylation sites (N-methyl/N-ethyl adjacent to an activating group) is 1. The smallest absolute Gasteiger partial charge is 0.293 e. The Balaban J connectivity index is 3.18. The van der Waals surface area contributed by atoms with Gasteiger partial charge in [0.05, 0.1) is 12.8 Å². The van der Waals surface area contributed by atoms with Crippen LogP contribution in [0.1, 0.15) is 19.4 Å². The molecule has 0 fully saturated rings. The van der Waals surface area contributed by atoms with E-state index >= 15 is 0 Å². The Hall–Kier alpha value is -1.84. The average molecular weight is 235 g/mol. The standard InChI is InChI=1S/C13H17NO3/c1-5-10-6-7-12(17-4)11(8-10)14(3)13(16)9(2)15/h6-8H,5H2,1-4H3. The molecule has 1 aromatic rings. The highest BCUT2D eigenvalue weighted by Gasteiger charge is 2.18. The third-order valence-electron chi connectivity index (χ3n) is 2.62. The maximum absolute atomic E-state index is 11.6. The highest BCUT2D eigenvalue weighted by molar-refractivity contribution is 6.40. The number of rotatable bonds is 4. The van der Waals surface area contributed by atoms with Crippen molar-refractivity contribution in [3.05, 3.63) is 23.8 Å². The fourth-order valence-corrected chi connectivity index (χ4v) is 1.56. The van der Waals surface area contributed by atoms with Crippen LogP contribution < -0.4 is 9.64 Å². The van der Waals surface area contributed by atoms with Gasteiger partial charge in [0, 0.05) is 14.0 Å². The molecule has 0 aliphatic carbocycles. The monoisotopic (exact) mass is 235 g/mol. The average Bonchev–Trinajstić information content (AvgIpc) is 2.35. The van der Waals surface area contributed by atoms with E-state index in [0.29, 0.717) is 11.4 Å². The molecule has 1 rings (SSSR count). The van der Waals surface area contributed by atoms with Gasteiger partial charge in [0.25, 0.3) is 5.91 Å². The molecular weight excluding hydrogens is 218 g/mol. The van der Waals surface area contributed by atoms with Gasteiger partial charge in [-0.2, -0.15) is 0 Å². The maximum Gasteiger partial charge on any atom is 0.293 e. The van der Waals surface area contributed by atoms with Gasteiger partial charge >= 0.3 is 0 Å². The number of ether oxygens (including phenoxy) is 1. The maximum atomic E-state index is 11.6. The second kappa shape index (κ2) is 5.48. The minimum Gasteiger partial charge on any atom is -0.495 e. The summed E-state index contributed by atoms with van der Waals surface area (Å²) in [5.74, 6) is -0.452. The van der Waals surface area contributed by atoms with E-state index in [1.165, 1.54) is 18.9 Å². The van der Waals surface area contributed by atoms with Gasteiger partial charge in [-0.1, -0.05) is 13.0 Å². The van der Waals surface area contributed by atoms with Crippen molar-refractivity contribution < 1.29 is 14.3 Å². The van der Waals surface area contributed by atoms with Crippen molar-refractivity contribution in [3.63, 3.8) is 0 Å². The molecule has 1 amide bonds. The highest BCUT2D eigenvalue weighted by Crippen LogP contribution is 2.28. The van der Waals surface area contributed by atoms with Gasteiger partial charge in [-0.05, 0) is 24.1 Å². The number of ketones is 1. The van der Waals surface area contributed by atoms with E-state index in [0.717, 1.165) is 12.0 Å². The zero-order chi connectivity index (χ0) is 13.0. The molecule has 0 saturated carbocycles. The molecule has 4 nitrogen and oxygen atoms in total. The number of methoxy groups -OCH3 is 1. The molecule has 0 N–H and O–H groups in total. The molecule has 0 aromatic heterocycles. The van der Waals surface area contributed by atoms with E-state index in [2.05, 4.69) is 0 Å². The number of nitrogens with zero attached hydrogens (tertiary/aromatic N) is 1. The number of aryl methyl sites for hydroxylation is 1. The number of hydrogen-bond acceptors (Lipinski definition) is 3. The molecule has 0 heterocycles. The predicted molar refractivity (Wildman–Crippen MR) is 66.5 cm³/mol. The highest BCUT2D eigenvalue weighted by atomic mass is 16.5. The first kappa shape index (κ1) is 13.2. The number of Topliss-reactive ketones (excluding diaryl/α,β-unsaturated/α-hetero) is 1. The van der Waals surface area contributed by atoms with Gasteiger partial charge in [-0.3, -0.25) is 9.59 Å². The third-order valence-corrected chi connectivity index (χ3v) is 2.62. The number of carbonyl (C=O) groups excluding carboxylic acids is 2. The van der Waals surface area contributed by atoms with Crippen LogP contribution in [0.3, 0.4) is 0 Å². The first-order valence-electron chi connectivity index (χ1n) is 5.46. The molecule has 0 saturated heterocycles. The van der Waals surface area contributed by atoms with Crippen LogP contribution in [0.5, 0.6) is 5.75 Å². The van der Waals surface area contributed by atoms with Gasteiger partial charge in [0.2, 0.25) is 5.78 Å². The topological polar surface area (TPSA) is 46.6 Å². The summed E-state index contributed by atoms with van der Waals surface area (Å²) in [5.41, 5.74) is 1.70. The van der Waals surface area contributed by atoms with E-state index in [9.17, 15) is 9.59 Å². The van der Waals surface area contributed by atoms with E-state index < -0.39 is 11.7 Å². The summed E-state index contributed by atoms with van der Waals surface area (Å²) in [6.07, 6.45) is 0.860.